The lowest BCUT2D eigenvalue weighted by Gasteiger charge is -2.04. The fraction of sp³-hybridized carbons (Fsp3) is 0.684. The van der Waals surface area contributed by atoms with E-state index >= 15 is 0 Å². The van der Waals surface area contributed by atoms with Crippen molar-refractivity contribution in [3.63, 3.8) is 0 Å². The van der Waals surface area contributed by atoms with Crippen molar-refractivity contribution in [3.8, 4) is 0 Å². The highest BCUT2D eigenvalue weighted by atomic mass is 16.3. The van der Waals surface area contributed by atoms with Crippen molar-refractivity contribution in [2.45, 2.75) is 83.7 Å². The van der Waals surface area contributed by atoms with Crippen LogP contribution in [0.3, 0.4) is 0 Å². The summed E-state index contributed by atoms with van der Waals surface area (Å²) in [7, 11) is 0. The predicted molar refractivity (Wildman–Crippen MR) is 88.0 cm³/mol. The lowest BCUT2D eigenvalue weighted by Crippen LogP contribution is -1.98. The number of hydrogen-bond acceptors (Lipinski definition) is 1. The van der Waals surface area contributed by atoms with Gasteiger partial charge in [0.2, 0.25) is 0 Å². The molecule has 0 aromatic heterocycles. The predicted octanol–water partition coefficient (Wildman–Crippen LogP) is 5.51. The highest BCUT2D eigenvalue weighted by Gasteiger charge is 1.96. The fourth-order valence-electron chi connectivity index (χ4n) is 2.65. The molecule has 1 atom stereocenters. The molecule has 0 unspecified atom stereocenters. The van der Waals surface area contributed by atoms with Crippen LogP contribution in [0.4, 0.5) is 0 Å². The standard InChI is InChI=1S/C19H32O/c1-18(20)14-10-7-5-3-2-4-6-8-11-15-19-16-12-9-13-17-19/h9,12-13,16-18,20H,2-8,10-11,14-15H2,1H3/t18-/m0/s1. The molecule has 114 valence electrons. The van der Waals surface area contributed by atoms with Crippen LogP contribution in [0.5, 0.6) is 0 Å². The van der Waals surface area contributed by atoms with Crippen molar-refractivity contribution in [3.05, 3.63) is 35.9 Å². The Balaban J connectivity index is 1.79. The van der Waals surface area contributed by atoms with Crippen LogP contribution < -0.4 is 0 Å². The van der Waals surface area contributed by atoms with Gasteiger partial charge in [0.25, 0.3) is 0 Å². The van der Waals surface area contributed by atoms with Crippen LogP contribution in [0.2, 0.25) is 0 Å². The third kappa shape index (κ3) is 10.0. The van der Waals surface area contributed by atoms with Gasteiger partial charge in [-0.2, -0.15) is 0 Å². The molecule has 1 aromatic carbocycles. The van der Waals surface area contributed by atoms with Crippen LogP contribution in [0, 0.1) is 0 Å². The highest BCUT2D eigenvalue weighted by Crippen LogP contribution is 2.12. The SMILES string of the molecule is C[C@H](O)CCCCCCCCCCCc1ccccc1. The molecule has 0 heterocycles. The van der Waals surface area contributed by atoms with Crippen LogP contribution >= 0.6 is 0 Å². The Morgan fingerprint density at radius 2 is 1.25 bits per heavy atom. The Morgan fingerprint density at radius 1 is 0.750 bits per heavy atom. The molecule has 0 aliphatic heterocycles. The molecule has 0 radical (unpaired) electrons. The van der Waals surface area contributed by atoms with Crippen molar-refractivity contribution in [1.82, 2.24) is 0 Å². The summed E-state index contributed by atoms with van der Waals surface area (Å²) in [4.78, 5) is 0. The fourth-order valence-corrected chi connectivity index (χ4v) is 2.65. The van der Waals surface area contributed by atoms with Gasteiger partial charge in [0.1, 0.15) is 0 Å². The average molecular weight is 276 g/mol. The van der Waals surface area contributed by atoms with Crippen molar-refractivity contribution in [2.75, 3.05) is 0 Å². The van der Waals surface area contributed by atoms with Gasteiger partial charge in [0.05, 0.1) is 6.10 Å². The van der Waals surface area contributed by atoms with Gasteiger partial charge in [0, 0.05) is 0 Å². The van der Waals surface area contributed by atoms with Crippen LogP contribution in [0.15, 0.2) is 30.3 Å². The molecule has 0 spiro atoms. The third-order valence-electron chi connectivity index (χ3n) is 3.93. The summed E-state index contributed by atoms with van der Waals surface area (Å²) in [5.41, 5.74) is 1.48. The normalized spacial score (nSPS) is 12.5. The van der Waals surface area contributed by atoms with Gasteiger partial charge in [-0.3, -0.25) is 0 Å². The number of rotatable bonds is 12. The molecule has 0 bridgehead atoms. The van der Waals surface area contributed by atoms with Crippen LogP contribution in [0.1, 0.15) is 76.7 Å². The Hall–Kier alpha value is -0.820. The van der Waals surface area contributed by atoms with Gasteiger partial charge in [-0.15, -0.1) is 0 Å². The molecule has 1 N–H and O–H groups in total. The summed E-state index contributed by atoms with van der Waals surface area (Å²) in [6.45, 7) is 1.88. The first kappa shape index (κ1) is 17.2. The van der Waals surface area contributed by atoms with Gasteiger partial charge in [-0.05, 0) is 31.7 Å². The summed E-state index contributed by atoms with van der Waals surface area (Å²) >= 11 is 0. The van der Waals surface area contributed by atoms with Gasteiger partial charge in [0.15, 0.2) is 0 Å². The second-order valence-electron chi connectivity index (χ2n) is 6.06. The first-order valence-corrected chi connectivity index (χ1v) is 8.51. The first-order chi connectivity index (χ1) is 9.79. The molecule has 1 rings (SSSR count). The molecule has 0 saturated heterocycles. The quantitative estimate of drug-likeness (QED) is 0.499. The maximum atomic E-state index is 9.16. The van der Waals surface area contributed by atoms with Crippen LogP contribution in [-0.4, -0.2) is 11.2 Å². The number of unbranched alkanes of at least 4 members (excludes halogenated alkanes) is 8. The average Bonchev–Trinajstić information content (AvgIpc) is 2.45. The number of aliphatic hydroxyl groups excluding tert-OH is 1. The molecule has 0 amide bonds. The zero-order valence-electron chi connectivity index (χ0n) is 13.2. The third-order valence-corrected chi connectivity index (χ3v) is 3.93. The van der Waals surface area contributed by atoms with E-state index in [1.165, 1.54) is 69.8 Å². The summed E-state index contributed by atoms with van der Waals surface area (Å²) in [6.07, 6.45) is 14.2. The van der Waals surface area contributed by atoms with E-state index in [1.807, 2.05) is 6.92 Å². The minimum absolute atomic E-state index is 0.111. The van der Waals surface area contributed by atoms with Crippen molar-refractivity contribution in [1.29, 1.82) is 0 Å². The zero-order chi connectivity index (χ0) is 14.5. The largest absolute Gasteiger partial charge is 0.393 e. The Kier molecular flexibility index (Phi) is 10.3. The second kappa shape index (κ2) is 12.0. The second-order valence-corrected chi connectivity index (χ2v) is 6.06. The Morgan fingerprint density at radius 3 is 1.80 bits per heavy atom. The van der Waals surface area contributed by atoms with E-state index in [2.05, 4.69) is 30.3 Å². The van der Waals surface area contributed by atoms with E-state index in [0.717, 1.165) is 6.42 Å². The number of hydrogen-bond donors (Lipinski definition) is 1. The Bertz CT molecular complexity index is 305. The molecule has 1 aromatic rings. The molecule has 0 saturated carbocycles. The molecule has 0 fully saturated rings. The van der Waals surface area contributed by atoms with Gasteiger partial charge < -0.3 is 5.11 Å². The van der Waals surface area contributed by atoms with Gasteiger partial charge in [-0.25, -0.2) is 0 Å². The van der Waals surface area contributed by atoms with Crippen molar-refractivity contribution < 1.29 is 5.11 Å². The summed E-state index contributed by atoms with van der Waals surface area (Å²) in [6, 6.07) is 10.8. The summed E-state index contributed by atoms with van der Waals surface area (Å²) in [5.74, 6) is 0. The maximum absolute atomic E-state index is 9.16. The minimum atomic E-state index is -0.111. The first-order valence-electron chi connectivity index (χ1n) is 8.51. The molecular formula is C19H32O. The van der Waals surface area contributed by atoms with Gasteiger partial charge >= 0.3 is 0 Å². The maximum Gasteiger partial charge on any atom is 0.0512 e. The van der Waals surface area contributed by atoms with E-state index in [-0.39, 0.29) is 6.10 Å². The lowest BCUT2D eigenvalue weighted by atomic mass is 10.0. The smallest absolute Gasteiger partial charge is 0.0512 e. The van der Waals surface area contributed by atoms with Crippen LogP contribution in [-0.2, 0) is 6.42 Å². The van der Waals surface area contributed by atoms with Crippen LogP contribution in [0.25, 0.3) is 0 Å². The highest BCUT2D eigenvalue weighted by molar-refractivity contribution is 5.14. The molecular weight excluding hydrogens is 244 g/mol. The summed E-state index contributed by atoms with van der Waals surface area (Å²) in [5, 5.41) is 9.16. The van der Waals surface area contributed by atoms with E-state index in [1.54, 1.807) is 0 Å². The number of aryl methyl sites for hydroxylation is 1. The van der Waals surface area contributed by atoms with E-state index in [4.69, 9.17) is 5.11 Å². The van der Waals surface area contributed by atoms with Crippen molar-refractivity contribution >= 4 is 0 Å². The molecule has 20 heavy (non-hydrogen) atoms. The van der Waals surface area contributed by atoms with E-state index in [0.29, 0.717) is 0 Å². The minimum Gasteiger partial charge on any atom is -0.393 e. The Labute approximate surface area is 125 Å². The monoisotopic (exact) mass is 276 g/mol. The lowest BCUT2D eigenvalue weighted by molar-refractivity contribution is 0.180. The summed E-state index contributed by atoms with van der Waals surface area (Å²) < 4.78 is 0. The number of benzene rings is 1. The number of aliphatic hydroxyl groups is 1. The topological polar surface area (TPSA) is 20.2 Å². The molecule has 0 aliphatic carbocycles. The molecule has 1 nitrogen and oxygen atoms in total. The zero-order valence-corrected chi connectivity index (χ0v) is 13.2. The van der Waals surface area contributed by atoms with Crippen molar-refractivity contribution in [2.24, 2.45) is 0 Å². The van der Waals surface area contributed by atoms with E-state index < -0.39 is 0 Å². The molecule has 1 heteroatoms. The van der Waals surface area contributed by atoms with E-state index in [9.17, 15) is 0 Å². The molecule has 0 aliphatic rings. The van der Waals surface area contributed by atoms with Gasteiger partial charge in [-0.1, -0.05) is 81.7 Å².